The summed E-state index contributed by atoms with van der Waals surface area (Å²) in [4.78, 5) is 17.9. The van der Waals surface area contributed by atoms with Crippen molar-refractivity contribution < 1.29 is 9.53 Å². The average Bonchev–Trinajstić information content (AvgIpc) is 2.71. The van der Waals surface area contributed by atoms with Crippen LogP contribution in [0, 0.1) is 0 Å². The molecule has 2 heterocycles. The van der Waals surface area contributed by atoms with Crippen LogP contribution in [-0.4, -0.2) is 28.9 Å². The first-order valence-corrected chi connectivity index (χ1v) is 9.37. The molecule has 2 aromatic carbocycles. The van der Waals surface area contributed by atoms with E-state index in [1.165, 1.54) is 49.5 Å². The molecule has 0 aliphatic carbocycles. The summed E-state index contributed by atoms with van der Waals surface area (Å²) in [5, 5.41) is 2.27. The molecule has 5 nitrogen and oxygen atoms in total. The van der Waals surface area contributed by atoms with E-state index < -0.39 is 5.91 Å². The molecule has 1 fully saturated rings. The highest BCUT2D eigenvalue weighted by atomic mass is 16.5. The predicted molar refractivity (Wildman–Crippen MR) is 106 cm³/mol. The number of benzene rings is 2. The second-order valence-electron chi connectivity index (χ2n) is 6.96. The van der Waals surface area contributed by atoms with Crippen LogP contribution < -0.4 is 10.5 Å². The highest BCUT2D eigenvalue weighted by Gasteiger charge is 2.14. The lowest BCUT2D eigenvalue weighted by Crippen LogP contribution is -2.29. The number of nitrogens with zero attached hydrogens (tertiary/aromatic N) is 2. The lowest BCUT2D eigenvalue weighted by molar-refractivity contribution is 0.1000. The molecule has 4 rings (SSSR count). The van der Waals surface area contributed by atoms with Gasteiger partial charge < -0.3 is 10.5 Å². The van der Waals surface area contributed by atoms with Crippen LogP contribution in [0.25, 0.3) is 10.8 Å². The molecule has 27 heavy (non-hydrogen) atoms. The van der Waals surface area contributed by atoms with Crippen LogP contribution in [0.3, 0.4) is 0 Å². The summed E-state index contributed by atoms with van der Waals surface area (Å²) in [6.07, 6.45) is 5.34. The SMILES string of the molecule is NC(=O)c1ccc(Oc2ccc(CN3CCCCC3)c3ccccc23)nc1. The van der Waals surface area contributed by atoms with Gasteiger partial charge in [0.25, 0.3) is 0 Å². The summed E-state index contributed by atoms with van der Waals surface area (Å²) in [5.41, 5.74) is 6.94. The van der Waals surface area contributed by atoms with Crippen molar-refractivity contribution in [3.05, 3.63) is 65.9 Å². The molecule has 0 radical (unpaired) electrons. The van der Waals surface area contributed by atoms with Crippen LogP contribution in [0.1, 0.15) is 35.2 Å². The largest absolute Gasteiger partial charge is 0.438 e. The fourth-order valence-electron chi connectivity index (χ4n) is 3.62. The molecule has 1 aromatic heterocycles. The molecular formula is C22H23N3O2. The minimum atomic E-state index is -0.499. The van der Waals surface area contributed by atoms with Crippen LogP contribution >= 0.6 is 0 Å². The Bertz CT molecular complexity index is 947. The number of carbonyl (C=O) groups is 1. The molecule has 138 valence electrons. The Morgan fingerprint density at radius 1 is 1.00 bits per heavy atom. The third kappa shape index (κ3) is 3.93. The van der Waals surface area contributed by atoms with Crippen LogP contribution in [0.2, 0.25) is 0 Å². The van der Waals surface area contributed by atoms with Gasteiger partial charge in [0.05, 0.1) is 5.56 Å². The van der Waals surface area contributed by atoms with Crippen LogP contribution in [0.15, 0.2) is 54.7 Å². The molecule has 0 unspecified atom stereocenters. The summed E-state index contributed by atoms with van der Waals surface area (Å²) >= 11 is 0. The summed E-state index contributed by atoms with van der Waals surface area (Å²) in [6.45, 7) is 3.30. The number of ether oxygens (including phenoxy) is 1. The molecule has 1 amide bonds. The number of aromatic nitrogens is 1. The fraction of sp³-hybridized carbons (Fsp3) is 0.273. The van der Waals surface area contributed by atoms with Crippen molar-refractivity contribution >= 4 is 16.7 Å². The monoisotopic (exact) mass is 361 g/mol. The first-order chi connectivity index (χ1) is 13.2. The summed E-state index contributed by atoms with van der Waals surface area (Å²) < 4.78 is 5.99. The van der Waals surface area contributed by atoms with E-state index in [9.17, 15) is 4.79 Å². The summed E-state index contributed by atoms with van der Waals surface area (Å²) in [5.74, 6) is 0.697. The molecule has 1 saturated heterocycles. The first kappa shape index (κ1) is 17.5. The standard InChI is InChI=1S/C22H23N3O2/c23-22(26)16-9-11-21(24-14-16)27-20-10-8-17(15-25-12-4-1-5-13-25)18-6-2-3-7-19(18)20/h2-3,6-11,14H,1,4-5,12-13,15H2,(H2,23,26). The van der Waals surface area contributed by atoms with Gasteiger partial charge in [0.1, 0.15) is 5.75 Å². The second-order valence-corrected chi connectivity index (χ2v) is 6.96. The Kier molecular flexibility index (Phi) is 5.03. The molecule has 5 heteroatoms. The number of piperidine rings is 1. The Morgan fingerprint density at radius 2 is 1.78 bits per heavy atom. The molecule has 0 spiro atoms. The number of nitrogens with two attached hydrogens (primary N) is 1. The lowest BCUT2D eigenvalue weighted by atomic mass is 10.0. The van der Waals surface area contributed by atoms with Crippen molar-refractivity contribution in [3.63, 3.8) is 0 Å². The number of likely N-dealkylation sites (tertiary alicyclic amines) is 1. The van der Waals surface area contributed by atoms with E-state index in [4.69, 9.17) is 10.5 Å². The molecule has 2 N–H and O–H groups in total. The van der Waals surface area contributed by atoms with E-state index in [0.717, 1.165) is 17.7 Å². The molecule has 3 aromatic rings. The van der Waals surface area contributed by atoms with Gasteiger partial charge >= 0.3 is 0 Å². The van der Waals surface area contributed by atoms with Gasteiger partial charge in [-0.05, 0) is 49.0 Å². The zero-order valence-electron chi connectivity index (χ0n) is 15.2. The number of pyridine rings is 1. The first-order valence-electron chi connectivity index (χ1n) is 9.37. The number of fused-ring (bicyclic) bond motifs is 1. The van der Waals surface area contributed by atoms with E-state index in [1.807, 2.05) is 12.1 Å². The summed E-state index contributed by atoms with van der Waals surface area (Å²) in [6, 6.07) is 15.7. The smallest absolute Gasteiger partial charge is 0.250 e. The number of amides is 1. The van der Waals surface area contributed by atoms with E-state index >= 15 is 0 Å². The normalized spacial score (nSPS) is 15.0. The van der Waals surface area contributed by atoms with E-state index in [0.29, 0.717) is 11.4 Å². The van der Waals surface area contributed by atoms with Crippen LogP contribution in [0.4, 0.5) is 0 Å². The quantitative estimate of drug-likeness (QED) is 0.742. The molecule has 0 saturated carbocycles. The van der Waals surface area contributed by atoms with Gasteiger partial charge in [-0.3, -0.25) is 9.69 Å². The highest BCUT2D eigenvalue weighted by Crippen LogP contribution is 2.32. The van der Waals surface area contributed by atoms with Gasteiger partial charge in [0.2, 0.25) is 11.8 Å². The van der Waals surface area contributed by atoms with Crippen molar-refractivity contribution in [1.82, 2.24) is 9.88 Å². The maximum absolute atomic E-state index is 11.2. The van der Waals surface area contributed by atoms with E-state index in [1.54, 1.807) is 12.1 Å². The summed E-state index contributed by atoms with van der Waals surface area (Å²) in [7, 11) is 0. The lowest BCUT2D eigenvalue weighted by Gasteiger charge is -2.27. The van der Waals surface area contributed by atoms with Crippen LogP contribution in [0.5, 0.6) is 11.6 Å². The average molecular weight is 361 g/mol. The maximum Gasteiger partial charge on any atom is 0.250 e. The van der Waals surface area contributed by atoms with Crippen LogP contribution in [-0.2, 0) is 6.54 Å². The minimum absolute atomic E-state index is 0.365. The van der Waals surface area contributed by atoms with Gasteiger partial charge in [-0.25, -0.2) is 4.98 Å². The van der Waals surface area contributed by atoms with Crippen molar-refractivity contribution in [2.75, 3.05) is 13.1 Å². The number of carbonyl (C=O) groups excluding carboxylic acids is 1. The van der Waals surface area contributed by atoms with Gasteiger partial charge in [-0.15, -0.1) is 0 Å². The maximum atomic E-state index is 11.2. The highest BCUT2D eigenvalue weighted by molar-refractivity contribution is 5.92. The van der Waals surface area contributed by atoms with Crippen molar-refractivity contribution in [3.8, 4) is 11.6 Å². The second kappa shape index (κ2) is 7.76. The molecule has 1 aliphatic rings. The topological polar surface area (TPSA) is 68.5 Å². The van der Waals surface area contributed by atoms with Crippen molar-refractivity contribution in [1.29, 1.82) is 0 Å². The molecule has 1 aliphatic heterocycles. The molecule has 0 atom stereocenters. The number of rotatable bonds is 5. The number of hydrogen-bond acceptors (Lipinski definition) is 4. The number of primary amides is 1. The molecule has 0 bridgehead atoms. The zero-order chi connectivity index (χ0) is 18.6. The third-order valence-electron chi connectivity index (χ3n) is 5.05. The van der Waals surface area contributed by atoms with E-state index in [-0.39, 0.29) is 0 Å². The zero-order valence-corrected chi connectivity index (χ0v) is 15.2. The van der Waals surface area contributed by atoms with Gasteiger partial charge in [-0.2, -0.15) is 0 Å². The van der Waals surface area contributed by atoms with Gasteiger partial charge in [0, 0.05) is 24.2 Å². The van der Waals surface area contributed by atoms with Gasteiger partial charge in [-0.1, -0.05) is 36.8 Å². The van der Waals surface area contributed by atoms with Crippen molar-refractivity contribution in [2.45, 2.75) is 25.8 Å². The Balaban J connectivity index is 1.62. The van der Waals surface area contributed by atoms with Crippen molar-refractivity contribution in [2.24, 2.45) is 5.73 Å². The van der Waals surface area contributed by atoms with E-state index in [2.05, 4.69) is 34.1 Å². The number of hydrogen-bond donors (Lipinski definition) is 1. The third-order valence-corrected chi connectivity index (χ3v) is 5.05. The Morgan fingerprint density at radius 3 is 2.48 bits per heavy atom. The van der Waals surface area contributed by atoms with Gasteiger partial charge in [0.15, 0.2) is 0 Å². The predicted octanol–water partition coefficient (Wildman–Crippen LogP) is 4.11. The Labute approximate surface area is 158 Å². The Hall–Kier alpha value is -2.92. The fourth-order valence-corrected chi connectivity index (χ4v) is 3.62. The molecular weight excluding hydrogens is 338 g/mol. The minimum Gasteiger partial charge on any atom is -0.438 e.